The normalized spacial score (nSPS) is 13.5. The van der Waals surface area contributed by atoms with Crippen LogP contribution in [0.3, 0.4) is 0 Å². The SMILES string of the molecule is CC/C=C\C/C=C\C/C=C\C/C=C\C/C=C\CCCC(=O)OC(COCCC(C(=O)[O-])[N+](C)(C)C)COC(=O)CCCCCCCCCCCCCCCCCC. The summed E-state index contributed by atoms with van der Waals surface area (Å²) in [6, 6.07) is -0.737. The number of quaternary nitrogens is 1. The van der Waals surface area contributed by atoms with Gasteiger partial charge in [0.2, 0.25) is 0 Å². The van der Waals surface area contributed by atoms with Gasteiger partial charge in [-0.3, -0.25) is 9.59 Å². The number of hydrogen-bond acceptors (Lipinski definition) is 7. The minimum Gasteiger partial charge on any atom is -0.544 e. The molecule has 328 valence electrons. The summed E-state index contributed by atoms with van der Waals surface area (Å²) in [7, 11) is 5.39. The Kier molecular flexibility index (Phi) is 37.8. The first-order valence-corrected chi connectivity index (χ1v) is 22.8. The fourth-order valence-corrected chi connectivity index (χ4v) is 6.40. The topological polar surface area (TPSA) is 102 Å². The number of carbonyl (C=O) groups excluding carboxylic acids is 3. The van der Waals surface area contributed by atoms with E-state index in [-0.39, 0.29) is 49.1 Å². The molecule has 2 unspecified atom stereocenters. The maximum absolute atomic E-state index is 12.7. The molecule has 0 N–H and O–H groups in total. The third-order valence-electron chi connectivity index (χ3n) is 9.92. The number of carbonyl (C=O) groups is 3. The van der Waals surface area contributed by atoms with Gasteiger partial charge >= 0.3 is 11.9 Å². The number of hydrogen-bond donors (Lipinski definition) is 0. The molecule has 0 aromatic carbocycles. The number of carboxylic acids is 1. The largest absolute Gasteiger partial charge is 0.544 e. The van der Waals surface area contributed by atoms with E-state index in [0.717, 1.165) is 57.8 Å². The zero-order valence-corrected chi connectivity index (χ0v) is 37.2. The fraction of sp³-hybridized carbons (Fsp3) is 0.735. The lowest BCUT2D eigenvalue weighted by Crippen LogP contribution is -2.55. The summed E-state index contributed by atoms with van der Waals surface area (Å²) in [6.07, 6.45) is 48.2. The van der Waals surface area contributed by atoms with Gasteiger partial charge in [0.25, 0.3) is 0 Å². The Bertz CT molecular complexity index is 1120. The molecular formula is C49H85NO7. The Morgan fingerprint density at radius 1 is 0.544 bits per heavy atom. The van der Waals surface area contributed by atoms with E-state index in [1.54, 1.807) is 21.1 Å². The van der Waals surface area contributed by atoms with E-state index in [1.165, 1.54) is 83.5 Å². The van der Waals surface area contributed by atoms with E-state index in [0.29, 0.717) is 12.8 Å². The van der Waals surface area contributed by atoms with Crippen molar-refractivity contribution in [3.8, 4) is 0 Å². The van der Waals surface area contributed by atoms with Crippen molar-refractivity contribution >= 4 is 17.9 Å². The van der Waals surface area contributed by atoms with Crippen LogP contribution in [0.15, 0.2) is 60.8 Å². The molecule has 0 spiro atoms. The molecule has 0 rings (SSSR count). The molecule has 0 aliphatic heterocycles. The highest BCUT2D eigenvalue weighted by Crippen LogP contribution is 2.15. The van der Waals surface area contributed by atoms with Crippen molar-refractivity contribution in [1.29, 1.82) is 0 Å². The average molecular weight is 800 g/mol. The summed E-state index contributed by atoms with van der Waals surface area (Å²) in [4.78, 5) is 36.9. The average Bonchev–Trinajstić information content (AvgIpc) is 3.17. The molecule has 0 aromatic heterocycles. The number of ether oxygens (including phenoxy) is 3. The van der Waals surface area contributed by atoms with Gasteiger partial charge in [-0.15, -0.1) is 0 Å². The third kappa shape index (κ3) is 38.3. The number of unbranched alkanes of at least 4 members (excludes halogenated alkanes) is 16. The number of likely N-dealkylation sites (N-methyl/N-ethyl adjacent to an activating group) is 1. The Labute approximate surface area is 349 Å². The van der Waals surface area contributed by atoms with E-state index in [4.69, 9.17) is 14.2 Å². The quantitative estimate of drug-likeness (QED) is 0.0263. The van der Waals surface area contributed by atoms with E-state index >= 15 is 0 Å². The molecular weight excluding hydrogens is 715 g/mol. The van der Waals surface area contributed by atoms with E-state index in [1.807, 2.05) is 0 Å². The van der Waals surface area contributed by atoms with Crippen molar-refractivity contribution in [3.05, 3.63) is 60.8 Å². The van der Waals surface area contributed by atoms with Crippen molar-refractivity contribution in [2.45, 2.75) is 193 Å². The maximum atomic E-state index is 12.7. The summed E-state index contributed by atoms with van der Waals surface area (Å²) in [6.45, 7) is 4.49. The first-order valence-electron chi connectivity index (χ1n) is 22.8. The molecule has 0 aliphatic carbocycles. The summed E-state index contributed by atoms with van der Waals surface area (Å²) >= 11 is 0. The molecule has 8 nitrogen and oxygen atoms in total. The molecule has 0 saturated heterocycles. The molecule has 0 saturated carbocycles. The molecule has 0 radical (unpaired) electrons. The number of allylic oxidation sites excluding steroid dienone is 10. The van der Waals surface area contributed by atoms with Gasteiger partial charge in [0, 0.05) is 19.3 Å². The monoisotopic (exact) mass is 800 g/mol. The number of aliphatic carboxylic acids is 1. The summed E-state index contributed by atoms with van der Waals surface area (Å²) in [5.74, 6) is -1.81. The van der Waals surface area contributed by atoms with E-state index < -0.39 is 18.1 Å². The smallest absolute Gasteiger partial charge is 0.306 e. The molecule has 0 aliphatic rings. The van der Waals surface area contributed by atoms with Crippen molar-refractivity contribution in [3.63, 3.8) is 0 Å². The van der Waals surface area contributed by atoms with Crippen LogP contribution >= 0.6 is 0 Å². The van der Waals surface area contributed by atoms with Crippen LogP contribution in [0.4, 0.5) is 0 Å². The second-order valence-corrected chi connectivity index (χ2v) is 16.3. The molecule has 8 heteroatoms. The molecule has 0 aromatic rings. The fourth-order valence-electron chi connectivity index (χ4n) is 6.40. The lowest BCUT2D eigenvalue weighted by molar-refractivity contribution is -0.889. The predicted octanol–water partition coefficient (Wildman–Crippen LogP) is 11.2. The number of carboxylic acid groups (broad SMARTS) is 1. The summed E-state index contributed by atoms with van der Waals surface area (Å²) < 4.78 is 17.1. The van der Waals surface area contributed by atoms with Crippen LogP contribution in [0.5, 0.6) is 0 Å². The second kappa shape index (κ2) is 39.8. The van der Waals surface area contributed by atoms with Gasteiger partial charge in [0.15, 0.2) is 6.10 Å². The van der Waals surface area contributed by atoms with Crippen LogP contribution in [0.2, 0.25) is 0 Å². The van der Waals surface area contributed by atoms with Crippen LogP contribution in [-0.2, 0) is 28.6 Å². The van der Waals surface area contributed by atoms with Crippen molar-refractivity contribution in [2.75, 3.05) is 41.0 Å². The van der Waals surface area contributed by atoms with Gasteiger partial charge in [0.1, 0.15) is 12.6 Å². The minimum absolute atomic E-state index is 0.0176. The Morgan fingerprint density at radius 2 is 0.982 bits per heavy atom. The standard InChI is InChI=1S/C49H85NO7/c1-6-8-10-12-14-16-18-20-22-24-26-28-30-32-34-36-38-40-48(52)57-45(43-55-42-41-46(49(53)54)50(3,4)5)44-56-47(51)39-37-35-33-31-29-27-25-23-21-19-17-15-13-11-9-7-2/h8,10,14,16,20,22,26,28,32,34,45-46H,6-7,9,11-13,15,17-19,21,23-25,27,29-31,33,35-44H2,1-5H3/b10-8-,16-14-,22-20-,28-26-,34-32-. The van der Waals surface area contributed by atoms with Crippen LogP contribution in [-0.4, -0.2) is 75.5 Å². The van der Waals surface area contributed by atoms with Crippen LogP contribution < -0.4 is 5.11 Å². The summed E-state index contributed by atoms with van der Waals surface area (Å²) in [5.41, 5.74) is 0. The lowest BCUT2D eigenvalue weighted by Gasteiger charge is -2.34. The number of rotatable bonds is 40. The molecule has 0 amide bonds. The van der Waals surface area contributed by atoms with Crippen molar-refractivity contribution < 1.29 is 38.2 Å². The molecule has 2 atom stereocenters. The van der Waals surface area contributed by atoms with Gasteiger partial charge in [-0.25, -0.2) is 0 Å². The van der Waals surface area contributed by atoms with Crippen LogP contribution in [0.1, 0.15) is 181 Å². The first-order chi connectivity index (χ1) is 27.6. The number of nitrogens with zero attached hydrogens (tertiary/aromatic N) is 1. The minimum atomic E-state index is -1.13. The Morgan fingerprint density at radius 3 is 1.44 bits per heavy atom. The van der Waals surface area contributed by atoms with Crippen LogP contribution in [0.25, 0.3) is 0 Å². The van der Waals surface area contributed by atoms with Gasteiger partial charge in [-0.2, -0.15) is 0 Å². The summed E-state index contributed by atoms with van der Waals surface area (Å²) in [5, 5.41) is 11.6. The predicted molar refractivity (Wildman–Crippen MR) is 236 cm³/mol. The zero-order chi connectivity index (χ0) is 42.1. The molecule has 0 heterocycles. The van der Waals surface area contributed by atoms with Gasteiger partial charge in [0.05, 0.1) is 40.3 Å². The molecule has 0 fully saturated rings. The second-order valence-electron chi connectivity index (χ2n) is 16.3. The van der Waals surface area contributed by atoms with Gasteiger partial charge in [-0.1, -0.05) is 171 Å². The highest BCUT2D eigenvalue weighted by atomic mass is 16.6. The van der Waals surface area contributed by atoms with Crippen LogP contribution in [0, 0.1) is 0 Å². The zero-order valence-electron chi connectivity index (χ0n) is 37.2. The number of esters is 2. The molecule has 57 heavy (non-hydrogen) atoms. The molecule has 0 bridgehead atoms. The van der Waals surface area contributed by atoms with E-state index in [9.17, 15) is 19.5 Å². The maximum Gasteiger partial charge on any atom is 0.306 e. The highest BCUT2D eigenvalue weighted by molar-refractivity contribution is 5.70. The van der Waals surface area contributed by atoms with Crippen molar-refractivity contribution in [1.82, 2.24) is 0 Å². The Hall–Kier alpha value is -2.97. The Balaban J connectivity index is 4.42. The lowest BCUT2D eigenvalue weighted by atomic mass is 10.0. The van der Waals surface area contributed by atoms with E-state index in [2.05, 4.69) is 74.6 Å². The highest BCUT2D eigenvalue weighted by Gasteiger charge is 2.25. The van der Waals surface area contributed by atoms with Crippen molar-refractivity contribution in [2.24, 2.45) is 0 Å². The first kappa shape index (κ1) is 54.0. The third-order valence-corrected chi connectivity index (χ3v) is 9.92. The van der Waals surface area contributed by atoms with Gasteiger partial charge < -0.3 is 28.6 Å². The van der Waals surface area contributed by atoms with Gasteiger partial charge in [-0.05, 0) is 51.4 Å².